The van der Waals surface area contributed by atoms with E-state index in [-0.39, 0.29) is 11.7 Å². The minimum atomic E-state index is 0.0504. The van der Waals surface area contributed by atoms with Crippen molar-refractivity contribution in [1.29, 1.82) is 0 Å². The van der Waals surface area contributed by atoms with Crippen molar-refractivity contribution in [2.24, 2.45) is 11.3 Å². The minimum Gasteiger partial charge on any atom is -0.491 e. The highest BCUT2D eigenvalue weighted by atomic mass is 16.5. The monoisotopic (exact) mass is 361 g/mol. The van der Waals surface area contributed by atoms with Gasteiger partial charge in [-0.3, -0.25) is 0 Å². The number of rotatable bonds is 9. The van der Waals surface area contributed by atoms with E-state index in [0.717, 1.165) is 31.9 Å². The van der Waals surface area contributed by atoms with Gasteiger partial charge in [-0.05, 0) is 82.0 Å². The highest BCUT2D eigenvalue weighted by Crippen LogP contribution is 2.47. The van der Waals surface area contributed by atoms with Crippen molar-refractivity contribution in [1.82, 2.24) is 5.32 Å². The third-order valence-corrected chi connectivity index (χ3v) is 6.17. The summed E-state index contributed by atoms with van der Waals surface area (Å²) in [5, 5.41) is 3.65. The zero-order chi connectivity index (χ0) is 19.2. The Morgan fingerprint density at radius 3 is 2.42 bits per heavy atom. The topological polar surface area (TPSA) is 30.5 Å². The van der Waals surface area contributed by atoms with E-state index in [4.69, 9.17) is 9.47 Å². The first-order valence-corrected chi connectivity index (χ1v) is 10.4. The molecule has 0 aromatic heterocycles. The zero-order valence-electron chi connectivity index (χ0n) is 17.7. The maximum Gasteiger partial charge on any atom is 0.119 e. The lowest BCUT2D eigenvalue weighted by Crippen LogP contribution is -2.46. The highest BCUT2D eigenvalue weighted by molar-refractivity contribution is 5.27. The van der Waals surface area contributed by atoms with Crippen molar-refractivity contribution in [3.63, 3.8) is 0 Å². The minimum absolute atomic E-state index is 0.0504. The van der Waals surface area contributed by atoms with Crippen molar-refractivity contribution in [3.8, 4) is 5.75 Å². The molecule has 0 spiro atoms. The summed E-state index contributed by atoms with van der Waals surface area (Å²) in [6.07, 6.45) is 4.90. The van der Waals surface area contributed by atoms with Gasteiger partial charge in [-0.1, -0.05) is 32.9 Å². The molecule has 148 valence electrons. The zero-order valence-corrected chi connectivity index (χ0v) is 17.7. The molecule has 1 aromatic rings. The van der Waals surface area contributed by atoms with E-state index in [1.807, 2.05) is 0 Å². The van der Waals surface area contributed by atoms with Crippen molar-refractivity contribution >= 4 is 0 Å². The quantitative estimate of drug-likeness (QED) is 0.583. The Morgan fingerprint density at radius 2 is 1.85 bits per heavy atom. The molecule has 0 bridgehead atoms. The van der Waals surface area contributed by atoms with Crippen molar-refractivity contribution in [2.45, 2.75) is 85.5 Å². The Hall–Kier alpha value is -1.06. The first kappa shape index (κ1) is 21.2. The fourth-order valence-electron chi connectivity index (χ4n) is 4.13. The van der Waals surface area contributed by atoms with Crippen LogP contribution in [0.3, 0.4) is 0 Å². The summed E-state index contributed by atoms with van der Waals surface area (Å²) >= 11 is 0. The third kappa shape index (κ3) is 5.72. The number of hydrogen-bond acceptors (Lipinski definition) is 3. The van der Waals surface area contributed by atoms with Gasteiger partial charge in [0.25, 0.3) is 0 Å². The van der Waals surface area contributed by atoms with Crippen LogP contribution in [0.1, 0.15) is 72.8 Å². The van der Waals surface area contributed by atoms with Gasteiger partial charge in [0.2, 0.25) is 0 Å². The van der Waals surface area contributed by atoms with Gasteiger partial charge >= 0.3 is 0 Å². The van der Waals surface area contributed by atoms with Crippen molar-refractivity contribution < 1.29 is 9.47 Å². The molecule has 0 radical (unpaired) electrons. The lowest BCUT2D eigenvalue weighted by Gasteiger charge is -2.49. The van der Waals surface area contributed by atoms with Crippen LogP contribution < -0.4 is 10.1 Å². The fourth-order valence-corrected chi connectivity index (χ4v) is 4.13. The van der Waals surface area contributed by atoms with Crippen LogP contribution in [0.25, 0.3) is 0 Å². The van der Waals surface area contributed by atoms with Crippen LogP contribution in [0.5, 0.6) is 5.75 Å². The fraction of sp³-hybridized carbons (Fsp3) is 0.739. The van der Waals surface area contributed by atoms with Gasteiger partial charge < -0.3 is 14.8 Å². The largest absolute Gasteiger partial charge is 0.491 e. The Kier molecular flexibility index (Phi) is 7.54. The molecule has 1 aliphatic rings. The third-order valence-electron chi connectivity index (χ3n) is 6.17. The summed E-state index contributed by atoms with van der Waals surface area (Å²) in [6, 6.07) is 8.45. The van der Waals surface area contributed by atoms with Gasteiger partial charge in [-0.15, -0.1) is 0 Å². The number of ether oxygens (including phenoxy) is 2. The van der Waals surface area contributed by atoms with Crippen LogP contribution >= 0.6 is 0 Å². The highest BCUT2D eigenvalue weighted by Gasteiger charge is 2.43. The van der Waals surface area contributed by atoms with E-state index in [9.17, 15) is 0 Å². The van der Waals surface area contributed by atoms with Crippen LogP contribution in [0.15, 0.2) is 24.3 Å². The van der Waals surface area contributed by atoms with Gasteiger partial charge in [0.15, 0.2) is 0 Å². The lowest BCUT2D eigenvalue weighted by atomic mass is 9.64. The van der Waals surface area contributed by atoms with Gasteiger partial charge in [0.05, 0.1) is 11.7 Å². The van der Waals surface area contributed by atoms with E-state index in [1.54, 1.807) is 0 Å². The van der Waals surface area contributed by atoms with Gasteiger partial charge in [-0.2, -0.15) is 0 Å². The molecular weight excluding hydrogens is 322 g/mol. The van der Waals surface area contributed by atoms with Crippen LogP contribution in [0, 0.1) is 11.3 Å². The van der Waals surface area contributed by atoms with Crippen LogP contribution in [0.4, 0.5) is 0 Å². The van der Waals surface area contributed by atoms with Gasteiger partial charge in [0, 0.05) is 13.2 Å². The van der Waals surface area contributed by atoms with E-state index in [2.05, 4.69) is 71.1 Å². The van der Waals surface area contributed by atoms with Crippen LogP contribution in [-0.4, -0.2) is 24.9 Å². The lowest BCUT2D eigenvalue weighted by molar-refractivity contribution is -0.132. The molecule has 3 nitrogen and oxygen atoms in total. The van der Waals surface area contributed by atoms with E-state index >= 15 is 0 Å². The van der Waals surface area contributed by atoms with Crippen LogP contribution in [0.2, 0.25) is 0 Å². The summed E-state index contributed by atoms with van der Waals surface area (Å²) in [4.78, 5) is 0. The molecule has 1 aliphatic heterocycles. The van der Waals surface area contributed by atoms with Crippen LogP contribution in [-0.2, 0) is 11.3 Å². The number of nitrogens with one attached hydrogen (secondary N) is 1. The molecule has 1 N–H and O–H groups in total. The molecular formula is C23H39NO2. The average Bonchev–Trinajstić information content (AvgIpc) is 2.59. The molecule has 26 heavy (non-hydrogen) atoms. The standard InChI is InChI=1S/C23H39NO2/c1-7-22(6)17-23(18(2)3,13-15-25-22)12-14-24-16-20-8-10-21(11-9-20)26-19(4)5/h8-11,18-19,24H,7,12-17H2,1-6H3/t22-,23-/m1/s1. The molecule has 0 saturated carbocycles. The van der Waals surface area contributed by atoms with Crippen molar-refractivity contribution in [2.75, 3.05) is 13.2 Å². The number of hydrogen-bond donors (Lipinski definition) is 1. The summed E-state index contributed by atoms with van der Waals surface area (Å²) < 4.78 is 11.8. The maximum atomic E-state index is 6.10. The normalized spacial score (nSPS) is 26.5. The SMILES string of the molecule is CC[C@]1(C)C[C@](CCNCc2ccc(OC(C)C)cc2)(C(C)C)CCO1. The van der Waals surface area contributed by atoms with Gasteiger partial charge in [0.1, 0.15) is 5.75 Å². The molecule has 0 aliphatic carbocycles. The summed E-state index contributed by atoms with van der Waals surface area (Å²) in [5.74, 6) is 1.63. The first-order valence-electron chi connectivity index (χ1n) is 10.4. The molecule has 1 fully saturated rings. The second-order valence-electron chi connectivity index (χ2n) is 8.83. The first-order chi connectivity index (χ1) is 12.3. The maximum absolute atomic E-state index is 6.10. The van der Waals surface area contributed by atoms with E-state index in [0.29, 0.717) is 11.3 Å². The Morgan fingerprint density at radius 1 is 1.15 bits per heavy atom. The second kappa shape index (κ2) is 9.23. The molecule has 0 unspecified atom stereocenters. The Balaban J connectivity index is 1.85. The molecule has 2 rings (SSSR count). The van der Waals surface area contributed by atoms with E-state index in [1.165, 1.54) is 24.8 Å². The molecule has 1 saturated heterocycles. The Bertz CT molecular complexity index is 540. The molecule has 2 atom stereocenters. The average molecular weight is 362 g/mol. The van der Waals surface area contributed by atoms with E-state index < -0.39 is 0 Å². The van der Waals surface area contributed by atoms with Crippen molar-refractivity contribution in [3.05, 3.63) is 29.8 Å². The van der Waals surface area contributed by atoms with Gasteiger partial charge in [-0.25, -0.2) is 0 Å². The molecule has 1 aromatic carbocycles. The smallest absolute Gasteiger partial charge is 0.119 e. The predicted molar refractivity (Wildman–Crippen MR) is 110 cm³/mol. The predicted octanol–water partition coefficient (Wildman–Crippen LogP) is 5.58. The molecule has 0 amide bonds. The molecule has 3 heteroatoms. The summed E-state index contributed by atoms with van der Waals surface area (Å²) in [7, 11) is 0. The number of benzene rings is 1. The summed E-state index contributed by atoms with van der Waals surface area (Å²) in [6.45, 7) is 16.3. The Labute approximate surface area is 160 Å². The molecule has 1 heterocycles. The second-order valence-corrected chi connectivity index (χ2v) is 8.83. The summed E-state index contributed by atoms with van der Waals surface area (Å²) in [5.41, 5.74) is 1.75.